The van der Waals surface area contributed by atoms with Crippen LogP contribution in [0.5, 0.6) is 11.5 Å². The van der Waals surface area contributed by atoms with Crippen molar-refractivity contribution in [3.63, 3.8) is 0 Å². The van der Waals surface area contributed by atoms with Gasteiger partial charge in [0, 0.05) is 17.6 Å². The average Bonchev–Trinajstić information content (AvgIpc) is 2.92. The Morgan fingerprint density at radius 2 is 2.14 bits per heavy atom. The number of aryl methyl sites for hydroxylation is 1. The monoisotopic (exact) mass is 307 g/mol. The lowest BCUT2D eigenvalue weighted by atomic mass is 10.1. The van der Waals surface area contributed by atoms with Crippen molar-refractivity contribution < 1.29 is 4.74 Å². The number of hydrogen-bond acceptors (Lipinski definition) is 3. The molecule has 0 amide bonds. The number of nitrogens with one attached hydrogen (secondary N) is 1. The summed E-state index contributed by atoms with van der Waals surface area (Å²) in [5.74, 6) is 1.44. The SMILES string of the molecule is CCCNC(C)c1ccc(Oc2cnn(CC)c2)cc1Cl. The number of ether oxygens (including phenoxy) is 1. The third kappa shape index (κ3) is 4.22. The summed E-state index contributed by atoms with van der Waals surface area (Å²) in [6.07, 6.45) is 4.68. The summed E-state index contributed by atoms with van der Waals surface area (Å²) in [6, 6.07) is 6.03. The maximum Gasteiger partial charge on any atom is 0.165 e. The van der Waals surface area contributed by atoms with E-state index in [9.17, 15) is 0 Å². The molecule has 0 aliphatic heterocycles. The molecule has 114 valence electrons. The second-order valence-electron chi connectivity index (χ2n) is 4.99. The zero-order valence-corrected chi connectivity index (χ0v) is 13.5. The Balaban J connectivity index is 2.07. The molecule has 0 radical (unpaired) electrons. The number of rotatable bonds is 7. The van der Waals surface area contributed by atoms with Gasteiger partial charge in [0.25, 0.3) is 0 Å². The maximum absolute atomic E-state index is 6.36. The molecule has 2 aromatic rings. The smallest absolute Gasteiger partial charge is 0.165 e. The first-order valence-electron chi connectivity index (χ1n) is 7.37. The van der Waals surface area contributed by atoms with Gasteiger partial charge in [-0.25, -0.2) is 0 Å². The van der Waals surface area contributed by atoms with Crippen LogP contribution in [0.1, 0.15) is 38.8 Å². The Morgan fingerprint density at radius 3 is 2.76 bits per heavy atom. The van der Waals surface area contributed by atoms with Crippen molar-refractivity contribution in [1.29, 1.82) is 0 Å². The van der Waals surface area contributed by atoms with Gasteiger partial charge in [0.1, 0.15) is 5.75 Å². The lowest BCUT2D eigenvalue weighted by Gasteiger charge is -2.16. The highest BCUT2D eigenvalue weighted by molar-refractivity contribution is 6.31. The van der Waals surface area contributed by atoms with Crippen molar-refractivity contribution in [2.24, 2.45) is 0 Å². The van der Waals surface area contributed by atoms with Gasteiger partial charge in [0.15, 0.2) is 5.75 Å². The first-order chi connectivity index (χ1) is 10.1. The van der Waals surface area contributed by atoms with Crippen LogP contribution in [0.2, 0.25) is 5.02 Å². The van der Waals surface area contributed by atoms with Gasteiger partial charge >= 0.3 is 0 Å². The van der Waals surface area contributed by atoms with E-state index in [2.05, 4.69) is 24.3 Å². The van der Waals surface area contributed by atoms with Crippen LogP contribution in [-0.4, -0.2) is 16.3 Å². The lowest BCUT2D eigenvalue weighted by Crippen LogP contribution is -2.19. The Morgan fingerprint density at radius 1 is 1.33 bits per heavy atom. The van der Waals surface area contributed by atoms with Crippen LogP contribution in [0.4, 0.5) is 0 Å². The molecular formula is C16H22ClN3O. The van der Waals surface area contributed by atoms with Crippen molar-refractivity contribution in [2.75, 3.05) is 6.54 Å². The number of benzene rings is 1. The highest BCUT2D eigenvalue weighted by Gasteiger charge is 2.10. The van der Waals surface area contributed by atoms with E-state index in [-0.39, 0.29) is 6.04 Å². The van der Waals surface area contributed by atoms with Crippen LogP contribution in [0.25, 0.3) is 0 Å². The molecule has 0 bridgehead atoms. The van der Waals surface area contributed by atoms with E-state index in [4.69, 9.17) is 16.3 Å². The van der Waals surface area contributed by atoms with Crippen molar-refractivity contribution in [2.45, 2.75) is 39.8 Å². The molecule has 1 aromatic heterocycles. The van der Waals surface area contributed by atoms with Crippen molar-refractivity contribution >= 4 is 11.6 Å². The number of aromatic nitrogens is 2. The molecule has 1 heterocycles. The van der Waals surface area contributed by atoms with Gasteiger partial charge in [-0.2, -0.15) is 5.10 Å². The topological polar surface area (TPSA) is 39.1 Å². The van der Waals surface area contributed by atoms with Crippen LogP contribution in [0.3, 0.4) is 0 Å². The normalized spacial score (nSPS) is 12.4. The zero-order chi connectivity index (χ0) is 15.2. The van der Waals surface area contributed by atoms with Gasteiger partial charge in [0.2, 0.25) is 0 Å². The molecule has 0 aliphatic carbocycles. The van der Waals surface area contributed by atoms with E-state index in [1.54, 1.807) is 6.20 Å². The molecule has 0 spiro atoms. The second-order valence-corrected chi connectivity index (χ2v) is 5.40. The summed E-state index contributed by atoms with van der Waals surface area (Å²) in [7, 11) is 0. The molecule has 21 heavy (non-hydrogen) atoms. The summed E-state index contributed by atoms with van der Waals surface area (Å²) in [5.41, 5.74) is 1.08. The van der Waals surface area contributed by atoms with Gasteiger partial charge in [0.05, 0.1) is 12.4 Å². The minimum absolute atomic E-state index is 0.231. The van der Waals surface area contributed by atoms with Crippen LogP contribution in [-0.2, 0) is 6.54 Å². The first-order valence-corrected chi connectivity index (χ1v) is 7.75. The molecule has 1 aromatic carbocycles. The third-order valence-electron chi connectivity index (χ3n) is 3.31. The molecule has 4 nitrogen and oxygen atoms in total. The molecule has 5 heteroatoms. The number of nitrogens with zero attached hydrogens (tertiary/aromatic N) is 2. The molecule has 1 unspecified atom stereocenters. The van der Waals surface area contributed by atoms with E-state index >= 15 is 0 Å². The molecule has 1 N–H and O–H groups in total. The van der Waals surface area contributed by atoms with Gasteiger partial charge in [-0.1, -0.05) is 24.6 Å². The van der Waals surface area contributed by atoms with Crippen molar-refractivity contribution in [3.05, 3.63) is 41.2 Å². The Bertz CT molecular complexity index is 583. The second kappa shape index (κ2) is 7.48. The predicted octanol–water partition coefficient (Wildman–Crippen LogP) is 4.41. The molecule has 0 aliphatic rings. The lowest BCUT2D eigenvalue weighted by molar-refractivity contribution is 0.480. The minimum Gasteiger partial charge on any atom is -0.454 e. The van der Waals surface area contributed by atoms with Gasteiger partial charge in [-0.15, -0.1) is 0 Å². The Labute approximate surface area is 131 Å². The van der Waals surface area contributed by atoms with Gasteiger partial charge in [-0.05, 0) is 44.5 Å². The zero-order valence-electron chi connectivity index (χ0n) is 12.8. The van der Waals surface area contributed by atoms with Crippen molar-refractivity contribution in [3.8, 4) is 11.5 Å². The van der Waals surface area contributed by atoms with Crippen LogP contribution >= 0.6 is 11.6 Å². The van der Waals surface area contributed by atoms with Crippen molar-refractivity contribution in [1.82, 2.24) is 15.1 Å². The van der Waals surface area contributed by atoms with Crippen LogP contribution < -0.4 is 10.1 Å². The maximum atomic E-state index is 6.36. The number of hydrogen-bond donors (Lipinski definition) is 1. The third-order valence-corrected chi connectivity index (χ3v) is 3.64. The first kappa shape index (κ1) is 15.9. The largest absolute Gasteiger partial charge is 0.454 e. The molecular weight excluding hydrogens is 286 g/mol. The summed E-state index contributed by atoms with van der Waals surface area (Å²) >= 11 is 6.36. The van der Waals surface area contributed by atoms with Gasteiger partial charge in [-0.3, -0.25) is 4.68 Å². The summed E-state index contributed by atoms with van der Waals surface area (Å²) in [4.78, 5) is 0. The van der Waals surface area contributed by atoms with E-state index < -0.39 is 0 Å². The molecule has 2 rings (SSSR count). The molecule has 0 saturated carbocycles. The summed E-state index contributed by atoms with van der Waals surface area (Å²) < 4.78 is 7.59. The van der Waals surface area contributed by atoms with E-state index in [1.165, 1.54) is 0 Å². The van der Waals surface area contributed by atoms with E-state index in [0.717, 1.165) is 36.6 Å². The fourth-order valence-corrected chi connectivity index (χ4v) is 2.43. The quantitative estimate of drug-likeness (QED) is 0.823. The summed E-state index contributed by atoms with van der Waals surface area (Å²) in [5, 5.41) is 8.33. The van der Waals surface area contributed by atoms with Crippen LogP contribution in [0.15, 0.2) is 30.6 Å². The molecule has 1 atom stereocenters. The standard InChI is InChI=1S/C16H22ClN3O/c1-4-8-18-12(3)15-7-6-13(9-16(15)17)21-14-10-19-20(5-2)11-14/h6-7,9-12,18H,4-5,8H2,1-3H3. The summed E-state index contributed by atoms with van der Waals surface area (Å²) in [6.45, 7) is 8.10. The fraction of sp³-hybridized carbons (Fsp3) is 0.438. The van der Waals surface area contributed by atoms with E-state index in [0.29, 0.717) is 5.02 Å². The van der Waals surface area contributed by atoms with Gasteiger partial charge < -0.3 is 10.1 Å². The predicted molar refractivity (Wildman–Crippen MR) is 86.1 cm³/mol. The Hall–Kier alpha value is -1.52. The van der Waals surface area contributed by atoms with Crippen LogP contribution in [0, 0.1) is 0 Å². The molecule has 0 fully saturated rings. The fourth-order valence-electron chi connectivity index (χ4n) is 2.10. The average molecular weight is 308 g/mol. The minimum atomic E-state index is 0.231. The highest BCUT2D eigenvalue weighted by Crippen LogP contribution is 2.29. The highest BCUT2D eigenvalue weighted by atomic mass is 35.5. The molecule has 0 saturated heterocycles. The Kier molecular flexibility index (Phi) is 5.65. The van der Waals surface area contributed by atoms with E-state index in [1.807, 2.05) is 36.0 Å². The number of halogens is 1.